The van der Waals surface area contributed by atoms with Crippen LogP contribution in [0.25, 0.3) is 0 Å². The molecule has 0 aliphatic heterocycles. The van der Waals surface area contributed by atoms with Crippen LogP contribution in [0.4, 0.5) is 8.78 Å². The SMILES string of the molecule is OCC(F)CCCF. The molecule has 1 nitrogen and oxygen atoms in total. The van der Waals surface area contributed by atoms with Gasteiger partial charge in [0.05, 0.1) is 13.3 Å². The Morgan fingerprint density at radius 1 is 1.50 bits per heavy atom. The van der Waals surface area contributed by atoms with E-state index in [4.69, 9.17) is 5.11 Å². The molecular weight excluding hydrogens is 114 g/mol. The fraction of sp³-hybridized carbons (Fsp3) is 1.00. The van der Waals surface area contributed by atoms with Crippen molar-refractivity contribution in [2.24, 2.45) is 0 Å². The number of hydrogen-bond donors (Lipinski definition) is 1. The molecule has 0 radical (unpaired) electrons. The van der Waals surface area contributed by atoms with Gasteiger partial charge in [0, 0.05) is 0 Å². The van der Waals surface area contributed by atoms with Crippen molar-refractivity contribution in [1.29, 1.82) is 0 Å². The first-order valence-electron chi connectivity index (χ1n) is 2.62. The lowest BCUT2D eigenvalue weighted by Crippen LogP contribution is -2.05. The molecule has 0 saturated heterocycles. The molecule has 0 rings (SSSR count). The zero-order chi connectivity index (χ0) is 6.41. The summed E-state index contributed by atoms with van der Waals surface area (Å²) < 4.78 is 23.1. The first-order chi connectivity index (χ1) is 3.81. The minimum Gasteiger partial charge on any atom is -0.393 e. The lowest BCUT2D eigenvalue weighted by Gasteiger charge is -1.98. The van der Waals surface area contributed by atoms with Crippen molar-refractivity contribution in [3.05, 3.63) is 0 Å². The van der Waals surface area contributed by atoms with Crippen molar-refractivity contribution in [3.8, 4) is 0 Å². The highest BCUT2D eigenvalue weighted by Gasteiger charge is 2.01. The summed E-state index contributed by atoms with van der Waals surface area (Å²) in [6.45, 7) is -0.986. The van der Waals surface area contributed by atoms with Crippen LogP contribution in [-0.2, 0) is 0 Å². The summed E-state index contributed by atoms with van der Waals surface area (Å²) in [5.74, 6) is 0. The van der Waals surface area contributed by atoms with E-state index in [-0.39, 0.29) is 12.8 Å². The Morgan fingerprint density at radius 3 is 2.50 bits per heavy atom. The average molecular weight is 124 g/mol. The maximum atomic E-state index is 11.9. The zero-order valence-electron chi connectivity index (χ0n) is 4.61. The van der Waals surface area contributed by atoms with Crippen LogP contribution < -0.4 is 0 Å². The minimum absolute atomic E-state index is 0.132. The van der Waals surface area contributed by atoms with Crippen molar-refractivity contribution in [3.63, 3.8) is 0 Å². The summed E-state index contributed by atoms with van der Waals surface area (Å²) in [6.07, 6.45) is -0.889. The summed E-state index contributed by atoms with van der Waals surface area (Å²) >= 11 is 0. The Balaban J connectivity index is 2.86. The molecule has 0 aliphatic rings. The van der Waals surface area contributed by atoms with Gasteiger partial charge in [0.25, 0.3) is 0 Å². The quantitative estimate of drug-likeness (QED) is 0.594. The molecule has 0 saturated carbocycles. The predicted octanol–water partition coefficient (Wildman–Crippen LogP) is 1.07. The first-order valence-corrected chi connectivity index (χ1v) is 2.62. The molecule has 0 aromatic heterocycles. The van der Waals surface area contributed by atoms with E-state index in [9.17, 15) is 8.78 Å². The van der Waals surface area contributed by atoms with Gasteiger partial charge in [-0.05, 0) is 12.8 Å². The molecule has 8 heavy (non-hydrogen) atoms. The van der Waals surface area contributed by atoms with E-state index >= 15 is 0 Å². The molecule has 0 aliphatic carbocycles. The molecule has 1 unspecified atom stereocenters. The Bertz CT molecular complexity index is 49.7. The summed E-state index contributed by atoms with van der Waals surface area (Å²) in [4.78, 5) is 0. The molecule has 3 heteroatoms. The third kappa shape index (κ3) is 3.99. The maximum Gasteiger partial charge on any atom is 0.123 e. The Kier molecular flexibility index (Phi) is 4.85. The van der Waals surface area contributed by atoms with E-state index in [1.165, 1.54) is 0 Å². The monoisotopic (exact) mass is 124 g/mol. The van der Waals surface area contributed by atoms with Crippen LogP contribution in [0.2, 0.25) is 0 Å². The third-order valence-electron chi connectivity index (χ3n) is 0.849. The molecular formula is C5H10F2O. The van der Waals surface area contributed by atoms with Gasteiger partial charge in [-0.2, -0.15) is 0 Å². The van der Waals surface area contributed by atoms with E-state index < -0.39 is 19.5 Å². The summed E-state index contributed by atoms with van der Waals surface area (Å²) in [5, 5.41) is 8.06. The van der Waals surface area contributed by atoms with Crippen molar-refractivity contribution in [1.82, 2.24) is 0 Å². The van der Waals surface area contributed by atoms with Crippen LogP contribution in [0, 0.1) is 0 Å². The smallest absolute Gasteiger partial charge is 0.123 e. The van der Waals surface area contributed by atoms with Crippen molar-refractivity contribution < 1.29 is 13.9 Å². The standard InChI is InChI=1S/C5H10F2O/c6-3-1-2-5(7)4-8/h5,8H,1-4H2. The van der Waals surface area contributed by atoms with Gasteiger partial charge in [0.2, 0.25) is 0 Å². The maximum absolute atomic E-state index is 11.9. The highest BCUT2D eigenvalue weighted by Crippen LogP contribution is 1.99. The van der Waals surface area contributed by atoms with Crippen molar-refractivity contribution in [2.45, 2.75) is 19.0 Å². The molecule has 1 atom stereocenters. The van der Waals surface area contributed by atoms with Crippen LogP contribution in [0.3, 0.4) is 0 Å². The molecule has 0 aromatic carbocycles. The van der Waals surface area contributed by atoms with Gasteiger partial charge in [-0.3, -0.25) is 4.39 Å². The van der Waals surface area contributed by atoms with Crippen LogP contribution in [-0.4, -0.2) is 24.6 Å². The van der Waals surface area contributed by atoms with E-state index in [0.29, 0.717) is 0 Å². The Morgan fingerprint density at radius 2 is 2.12 bits per heavy atom. The molecule has 0 aromatic rings. The van der Waals surface area contributed by atoms with Crippen LogP contribution in [0.15, 0.2) is 0 Å². The highest BCUT2D eigenvalue weighted by atomic mass is 19.1. The molecule has 0 bridgehead atoms. The van der Waals surface area contributed by atoms with Gasteiger partial charge >= 0.3 is 0 Å². The van der Waals surface area contributed by atoms with Crippen LogP contribution in [0.1, 0.15) is 12.8 Å². The topological polar surface area (TPSA) is 20.2 Å². The van der Waals surface area contributed by atoms with Gasteiger partial charge in [-0.25, -0.2) is 4.39 Å². The number of aliphatic hydroxyl groups is 1. The molecule has 0 heterocycles. The van der Waals surface area contributed by atoms with E-state index in [0.717, 1.165) is 0 Å². The van der Waals surface area contributed by atoms with E-state index in [1.807, 2.05) is 0 Å². The van der Waals surface area contributed by atoms with Gasteiger partial charge < -0.3 is 5.11 Å². The van der Waals surface area contributed by atoms with E-state index in [1.54, 1.807) is 0 Å². The average Bonchev–Trinajstić information content (AvgIpc) is 1.83. The fourth-order valence-corrected chi connectivity index (χ4v) is 0.390. The number of aliphatic hydroxyl groups excluding tert-OH is 1. The second kappa shape index (κ2) is 4.97. The number of rotatable bonds is 4. The second-order valence-electron chi connectivity index (χ2n) is 1.61. The third-order valence-corrected chi connectivity index (χ3v) is 0.849. The van der Waals surface area contributed by atoms with Gasteiger partial charge in [-0.15, -0.1) is 0 Å². The normalized spacial score (nSPS) is 13.9. The zero-order valence-corrected chi connectivity index (χ0v) is 4.61. The molecule has 0 fully saturated rings. The number of hydrogen-bond acceptors (Lipinski definition) is 1. The summed E-state index contributed by atoms with van der Waals surface area (Å²) in [6, 6.07) is 0. The molecule has 50 valence electrons. The van der Waals surface area contributed by atoms with Gasteiger partial charge in [-0.1, -0.05) is 0 Å². The van der Waals surface area contributed by atoms with E-state index in [2.05, 4.69) is 0 Å². The summed E-state index contributed by atoms with van der Waals surface area (Å²) in [7, 11) is 0. The Hall–Kier alpha value is -0.180. The summed E-state index contributed by atoms with van der Waals surface area (Å²) in [5.41, 5.74) is 0. The Labute approximate surface area is 47.3 Å². The predicted molar refractivity (Wildman–Crippen MR) is 27.2 cm³/mol. The van der Waals surface area contributed by atoms with Gasteiger partial charge in [0.1, 0.15) is 6.17 Å². The van der Waals surface area contributed by atoms with Crippen LogP contribution >= 0.6 is 0 Å². The second-order valence-corrected chi connectivity index (χ2v) is 1.61. The molecule has 0 spiro atoms. The van der Waals surface area contributed by atoms with Gasteiger partial charge in [0.15, 0.2) is 0 Å². The largest absolute Gasteiger partial charge is 0.393 e. The lowest BCUT2D eigenvalue weighted by atomic mass is 10.2. The number of halogens is 2. The fourth-order valence-electron chi connectivity index (χ4n) is 0.390. The van der Waals surface area contributed by atoms with Crippen molar-refractivity contribution >= 4 is 0 Å². The lowest BCUT2D eigenvalue weighted by molar-refractivity contribution is 0.165. The number of alkyl halides is 2. The molecule has 1 N–H and O–H groups in total. The minimum atomic E-state index is -1.23. The van der Waals surface area contributed by atoms with Crippen molar-refractivity contribution in [2.75, 3.05) is 13.3 Å². The first kappa shape index (κ1) is 7.82. The molecule has 0 amide bonds. The highest BCUT2D eigenvalue weighted by molar-refractivity contribution is 4.51. The van der Waals surface area contributed by atoms with Crippen LogP contribution in [0.5, 0.6) is 0 Å².